The van der Waals surface area contributed by atoms with Gasteiger partial charge in [0.05, 0.1) is 23.4 Å². The first kappa shape index (κ1) is 11.3. The first-order chi connectivity index (χ1) is 8.21. The quantitative estimate of drug-likeness (QED) is 0.687. The van der Waals surface area contributed by atoms with E-state index in [1.54, 1.807) is 19.4 Å². The molecule has 0 unspecified atom stereocenters. The van der Waals surface area contributed by atoms with Crippen molar-refractivity contribution in [3.8, 4) is 11.1 Å². The first-order valence-corrected chi connectivity index (χ1v) is 5.38. The SMILES string of the molecule is CN=c1ccc(NC)c2c(NC)cn(O)cc1-2. The largest absolute Gasteiger partial charge is 0.429 e. The fourth-order valence-electron chi connectivity index (χ4n) is 1.99. The maximum absolute atomic E-state index is 9.64. The van der Waals surface area contributed by atoms with Crippen LogP contribution in [0.4, 0.5) is 11.4 Å². The van der Waals surface area contributed by atoms with Crippen LogP contribution in [0.1, 0.15) is 0 Å². The van der Waals surface area contributed by atoms with Gasteiger partial charge >= 0.3 is 0 Å². The Labute approximate surface area is 99.7 Å². The van der Waals surface area contributed by atoms with Crippen LogP contribution in [-0.2, 0) is 0 Å². The number of aromatic nitrogens is 1. The molecule has 0 spiro atoms. The fourth-order valence-corrected chi connectivity index (χ4v) is 1.99. The Morgan fingerprint density at radius 1 is 1.12 bits per heavy atom. The lowest BCUT2D eigenvalue weighted by molar-refractivity contribution is 0.185. The predicted molar refractivity (Wildman–Crippen MR) is 68.8 cm³/mol. The Balaban J connectivity index is 2.91. The average Bonchev–Trinajstić information content (AvgIpc) is 2.36. The number of nitrogens with one attached hydrogen (secondary N) is 2. The van der Waals surface area contributed by atoms with E-state index in [0.717, 1.165) is 32.6 Å². The number of hydrogen-bond donors (Lipinski definition) is 3. The highest BCUT2D eigenvalue weighted by Gasteiger charge is 2.14. The van der Waals surface area contributed by atoms with Crippen molar-refractivity contribution in [1.82, 2.24) is 4.73 Å². The molecule has 1 aliphatic carbocycles. The molecule has 3 N–H and O–H groups in total. The smallest absolute Gasteiger partial charge is 0.0670 e. The molecule has 0 aromatic carbocycles. The van der Waals surface area contributed by atoms with Gasteiger partial charge in [-0.05, 0) is 12.1 Å². The van der Waals surface area contributed by atoms with Gasteiger partial charge in [0.1, 0.15) is 0 Å². The Kier molecular flexibility index (Phi) is 2.91. The second-order valence-corrected chi connectivity index (χ2v) is 3.70. The molecular weight excluding hydrogens is 216 g/mol. The average molecular weight is 232 g/mol. The van der Waals surface area contributed by atoms with E-state index in [0.29, 0.717) is 0 Å². The van der Waals surface area contributed by atoms with Gasteiger partial charge in [0, 0.05) is 38.0 Å². The van der Waals surface area contributed by atoms with Crippen molar-refractivity contribution in [1.29, 1.82) is 0 Å². The molecule has 0 bridgehead atoms. The van der Waals surface area contributed by atoms with Gasteiger partial charge in [-0.3, -0.25) is 4.99 Å². The van der Waals surface area contributed by atoms with Gasteiger partial charge in [0.2, 0.25) is 0 Å². The van der Waals surface area contributed by atoms with Gasteiger partial charge in [-0.25, -0.2) is 0 Å². The molecule has 17 heavy (non-hydrogen) atoms. The lowest BCUT2D eigenvalue weighted by atomic mass is 10.0. The topological polar surface area (TPSA) is 61.6 Å². The summed E-state index contributed by atoms with van der Waals surface area (Å²) >= 11 is 0. The highest BCUT2D eigenvalue weighted by atomic mass is 16.5. The van der Waals surface area contributed by atoms with Crippen LogP contribution in [0.25, 0.3) is 11.1 Å². The molecule has 0 fully saturated rings. The van der Waals surface area contributed by atoms with Crippen LogP contribution in [0.3, 0.4) is 0 Å². The first-order valence-electron chi connectivity index (χ1n) is 5.38. The lowest BCUT2D eigenvalue weighted by Crippen LogP contribution is -2.13. The van der Waals surface area contributed by atoms with Crippen LogP contribution in [0.2, 0.25) is 0 Å². The number of hydrogen-bond acceptors (Lipinski definition) is 4. The number of anilines is 2. The molecule has 1 aliphatic heterocycles. The van der Waals surface area contributed by atoms with Crippen LogP contribution >= 0.6 is 0 Å². The predicted octanol–water partition coefficient (Wildman–Crippen LogP) is 1.44. The molecule has 0 aromatic heterocycles. The summed E-state index contributed by atoms with van der Waals surface area (Å²) < 4.78 is 1.04. The normalized spacial score (nSPS) is 11.8. The Morgan fingerprint density at radius 3 is 2.41 bits per heavy atom. The zero-order chi connectivity index (χ0) is 12.4. The van der Waals surface area contributed by atoms with E-state index in [4.69, 9.17) is 0 Å². The van der Waals surface area contributed by atoms with Crippen LogP contribution < -0.4 is 16.0 Å². The molecule has 2 rings (SSSR count). The zero-order valence-electron chi connectivity index (χ0n) is 10.2. The van der Waals surface area contributed by atoms with Crippen molar-refractivity contribution in [2.45, 2.75) is 0 Å². The summed E-state index contributed by atoms with van der Waals surface area (Å²) in [6.45, 7) is 0. The molecule has 2 aliphatic rings. The van der Waals surface area contributed by atoms with Crippen LogP contribution in [0.15, 0.2) is 29.5 Å². The van der Waals surface area contributed by atoms with Gasteiger partial charge < -0.3 is 15.8 Å². The number of nitrogens with zero attached hydrogens (tertiary/aromatic N) is 2. The van der Waals surface area contributed by atoms with E-state index < -0.39 is 0 Å². The summed E-state index contributed by atoms with van der Waals surface area (Å²) in [5, 5.41) is 16.7. The van der Waals surface area contributed by atoms with E-state index in [2.05, 4.69) is 15.6 Å². The van der Waals surface area contributed by atoms with E-state index in [9.17, 15) is 5.21 Å². The molecule has 1 heterocycles. The minimum Gasteiger partial charge on any atom is -0.429 e. The Bertz CT molecular complexity index is 574. The number of pyridine rings is 1. The third kappa shape index (κ3) is 1.80. The molecule has 90 valence electrons. The summed E-state index contributed by atoms with van der Waals surface area (Å²) in [4.78, 5) is 4.21. The van der Waals surface area contributed by atoms with Crippen molar-refractivity contribution in [2.24, 2.45) is 4.99 Å². The molecule has 0 amide bonds. The third-order valence-corrected chi connectivity index (χ3v) is 2.79. The van der Waals surface area contributed by atoms with Gasteiger partial charge in [0.25, 0.3) is 0 Å². The van der Waals surface area contributed by atoms with E-state index in [-0.39, 0.29) is 0 Å². The van der Waals surface area contributed by atoms with E-state index >= 15 is 0 Å². The summed E-state index contributed by atoms with van der Waals surface area (Å²) in [6.07, 6.45) is 3.28. The molecule has 0 aromatic rings. The van der Waals surface area contributed by atoms with Gasteiger partial charge in [-0.15, -0.1) is 0 Å². The molecule has 0 radical (unpaired) electrons. The summed E-state index contributed by atoms with van der Waals surface area (Å²) in [7, 11) is 5.43. The van der Waals surface area contributed by atoms with Gasteiger partial charge in [-0.2, -0.15) is 4.73 Å². The van der Waals surface area contributed by atoms with E-state index in [1.807, 2.05) is 26.2 Å². The standard InChI is InChI=1S/C12H16N4O/c1-13-9-4-5-10(14-2)12-8(9)6-16(17)7-11(12)15-3/h4-7,14-15,17H,1-3H3. The molecule has 0 saturated heterocycles. The number of fused-ring (bicyclic) bond motifs is 1. The molecule has 0 atom stereocenters. The monoisotopic (exact) mass is 232 g/mol. The van der Waals surface area contributed by atoms with Crippen molar-refractivity contribution >= 4 is 11.4 Å². The zero-order valence-corrected chi connectivity index (χ0v) is 10.2. The highest BCUT2D eigenvalue weighted by Crippen LogP contribution is 2.33. The minimum absolute atomic E-state index is 0.846. The van der Waals surface area contributed by atoms with Crippen molar-refractivity contribution in [3.63, 3.8) is 0 Å². The van der Waals surface area contributed by atoms with Crippen LogP contribution in [-0.4, -0.2) is 31.1 Å². The molecule has 0 saturated carbocycles. The third-order valence-electron chi connectivity index (χ3n) is 2.79. The minimum atomic E-state index is 0.846. The van der Waals surface area contributed by atoms with Gasteiger partial charge in [0.15, 0.2) is 0 Å². The van der Waals surface area contributed by atoms with Crippen molar-refractivity contribution in [3.05, 3.63) is 29.9 Å². The maximum atomic E-state index is 9.64. The second kappa shape index (κ2) is 4.37. The fraction of sp³-hybridized carbons (Fsp3) is 0.250. The summed E-state index contributed by atoms with van der Waals surface area (Å²) in [5.41, 5.74) is 3.76. The Hall–Kier alpha value is -2.17. The number of benzene rings is 1. The maximum Gasteiger partial charge on any atom is 0.0670 e. The van der Waals surface area contributed by atoms with Crippen molar-refractivity contribution in [2.75, 3.05) is 31.8 Å². The Morgan fingerprint density at radius 2 is 1.82 bits per heavy atom. The molecular formula is C12H16N4O. The molecule has 5 heteroatoms. The van der Waals surface area contributed by atoms with Gasteiger partial charge in [-0.1, -0.05) is 0 Å². The highest BCUT2D eigenvalue weighted by molar-refractivity contribution is 5.88. The molecule has 5 nitrogen and oxygen atoms in total. The van der Waals surface area contributed by atoms with Crippen LogP contribution in [0.5, 0.6) is 0 Å². The van der Waals surface area contributed by atoms with E-state index in [1.165, 1.54) is 0 Å². The van der Waals surface area contributed by atoms with Crippen molar-refractivity contribution < 1.29 is 5.21 Å². The number of rotatable bonds is 2. The summed E-state index contributed by atoms with van der Waals surface area (Å²) in [5.74, 6) is 0. The lowest BCUT2D eigenvalue weighted by Gasteiger charge is -2.17. The summed E-state index contributed by atoms with van der Waals surface area (Å²) in [6, 6.07) is 3.90. The second-order valence-electron chi connectivity index (χ2n) is 3.70. The van der Waals surface area contributed by atoms with Crippen LogP contribution in [0, 0.1) is 0 Å².